The number of thioether (sulfide) groups is 1. The molecule has 0 saturated heterocycles. The predicted molar refractivity (Wildman–Crippen MR) is 97.5 cm³/mol. The molecule has 2 amide bonds. The van der Waals surface area contributed by atoms with Crippen LogP contribution in [0.3, 0.4) is 0 Å². The molecule has 0 radical (unpaired) electrons. The Morgan fingerprint density at radius 2 is 1.54 bits per heavy atom. The summed E-state index contributed by atoms with van der Waals surface area (Å²) in [5, 5.41) is 0. The fraction of sp³-hybridized carbons (Fsp3) is 0.263. The van der Waals surface area contributed by atoms with Gasteiger partial charge in [-0.1, -0.05) is 63.2 Å². The fourth-order valence-electron chi connectivity index (χ4n) is 1.88. The Morgan fingerprint density at radius 1 is 0.917 bits per heavy atom. The van der Waals surface area contributed by atoms with Crippen LogP contribution in [-0.2, 0) is 10.5 Å². The van der Waals surface area contributed by atoms with Gasteiger partial charge < -0.3 is 0 Å². The number of hydrogen-bond acceptors (Lipinski definition) is 3. The van der Waals surface area contributed by atoms with E-state index in [-0.39, 0.29) is 11.8 Å². The summed E-state index contributed by atoms with van der Waals surface area (Å²) in [6.45, 7) is 5.37. The van der Waals surface area contributed by atoms with Crippen molar-refractivity contribution in [2.24, 2.45) is 5.41 Å². The van der Waals surface area contributed by atoms with Gasteiger partial charge in [-0.2, -0.15) is 0 Å². The van der Waals surface area contributed by atoms with Crippen molar-refractivity contribution >= 4 is 23.6 Å². The van der Waals surface area contributed by atoms with Crippen LogP contribution in [0.1, 0.15) is 36.7 Å². The first-order valence-corrected chi connectivity index (χ1v) is 8.73. The third kappa shape index (κ3) is 5.13. The zero-order valence-electron chi connectivity index (χ0n) is 14.1. The van der Waals surface area contributed by atoms with Crippen LogP contribution in [0.25, 0.3) is 0 Å². The Hall–Kier alpha value is -2.27. The van der Waals surface area contributed by atoms with Crippen LogP contribution in [0.4, 0.5) is 0 Å². The fourth-order valence-corrected chi connectivity index (χ4v) is 2.89. The molecule has 0 bridgehead atoms. The molecule has 2 N–H and O–H groups in total. The topological polar surface area (TPSA) is 58.2 Å². The molecule has 0 spiro atoms. The highest BCUT2D eigenvalue weighted by atomic mass is 32.2. The standard InChI is InChI=1S/C19H22N2O2S/c1-19(2,3)18(23)21-20-17(22)15-11-7-8-12-16(15)24-13-14-9-5-4-6-10-14/h4-12H,13H2,1-3H3,(H,20,22)(H,21,23). The molecule has 0 heterocycles. The maximum Gasteiger partial charge on any atom is 0.270 e. The van der Waals surface area contributed by atoms with E-state index in [1.807, 2.05) is 36.4 Å². The summed E-state index contributed by atoms with van der Waals surface area (Å²) in [5.74, 6) is 0.230. The van der Waals surface area contributed by atoms with E-state index in [0.29, 0.717) is 5.56 Å². The Kier molecular flexibility index (Phi) is 6.04. The third-order valence-electron chi connectivity index (χ3n) is 3.34. The molecule has 0 aliphatic carbocycles. The van der Waals surface area contributed by atoms with Gasteiger partial charge in [-0.3, -0.25) is 20.4 Å². The molecule has 0 aliphatic heterocycles. The third-order valence-corrected chi connectivity index (χ3v) is 4.48. The lowest BCUT2D eigenvalue weighted by atomic mass is 9.96. The van der Waals surface area contributed by atoms with Crippen molar-refractivity contribution in [2.75, 3.05) is 0 Å². The maximum absolute atomic E-state index is 12.4. The molecular weight excluding hydrogens is 320 g/mol. The first-order chi connectivity index (χ1) is 11.4. The molecule has 0 unspecified atom stereocenters. The molecule has 0 aliphatic rings. The highest BCUT2D eigenvalue weighted by molar-refractivity contribution is 7.98. The van der Waals surface area contributed by atoms with E-state index in [2.05, 4.69) is 23.0 Å². The second-order valence-corrected chi connectivity index (χ2v) is 7.45. The number of carbonyl (C=O) groups excluding carboxylic acids is 2. The summed E-state index contributed by atoms with van der Waals surface area (Å²) >= 11 is 1.59. The van der Waals surface area contributed by atoms with Crippen LogP contribution < -0.4 is 10.9 Å². The molecule has 2 aromatic carbocycles. The van der Waals surface area contributed by atoms with Gasteiger partial charge in [-0.15, -0.1) is 11.8 Å². The largest absolute Gasteiger partial charge is 0.273 e. The lowest BCUT2D eigenvalue weighted by molar-refractivity contribution is -0.129. The smallest absolute Gasteiger partial charge is 0.270 e. The Bertz CT molecular complexity index is 709. The molecule has 24 heavy (non-hydrogen) atoms. The molecule has 4 nitrogen and oxygen atoms in total. The molecule has 5 heteroatoms. The van der Waals surface area contributed by atoms with Gasteiger partial charge in [0.05, 0.1) is 5.56 Å². The number of carbonyl (C=O) groups is 2. The quantitative estimate of drug-likeness (QED) is 0.656. The molecule has 0 saturated carbocycles. The Balaban J connectivity index is 2.02. The summed E-state index contributed by atoms with van der Waals surface area (Å²) in [7, 11) is 0. The highest BCUT2D eigenvalue weighted by Gasteiger charge is 2.22. The Labute approximate surface area is 147 Å². The van der Waals surface area contributed by atoms with E-state index < -0.39 is 5.41 Å². The van der Waals surface area contributed by atoms with E-state index in [1.54, 1.807) is 38.6 Å². The number of hydrazine groups is 1. The van der Waals surface area contributed by atoms with Gasteiger partial charge in [0.1, 0.15) is 0 Å². The lowest BCUT2D eigenvalue weighted by Crippen LogP contribution is -2.46. The number of benzene rings is 2. The van der Waals surface area contributed by atoms with Crippen LogP contribution in [0.15, 0.2) is 59.5 Å². The molecule has 0 aromatic heterocycles. The number of rotatable bonds is 4. The minimum Gasteiger partial charge on any atom is -0.273 e. The number of amides is 2. The van der Waals surface area contributed by atoms with Crippen LogP contribution in [-0.4, -0.2) is 11.8 Å². The van der Waals surface area contributed by atoms with Gasteiger partial charge in [0.2, 0.25) is 5.91 Å². The van der Waals surface area contributed by atoms with Gasteiger partial charge in [-0.25, -0.2) is 0 Å². The number of hydrogen-bond donors (Lipinski definition) is 2. The van der Waals surface area contributed by atoms with Crippen molar-refractivity contribution in [3.63, 3.8) is 0 Å². The summed E-state index contributed by atoms with van der Waals surface area (Å²) in [6.07, 6.45) is 0. The molecule has 0 atom stereocenters. The minimum absolute atomic E-state index is 0.231. The van der Waals surface area contributed by atoms with Crippen LogP contribution in [0.5, 0.6) is 0 Å². The zero-order valence-corrected chi connectivity index (χ0v) is 14.9. The van der Waals surface area contributed by atoms with E-state index in [4.69, 9.17) is 0 Å². The van der Waals surface area contributed by atoms with E-state index >= 15 is 0 Å². The predicted octanol–water partition coefficient (Wildman–Crippen LogP) is 3.79. The van der Waals surface area contributed by atoms with Crippen molar-refractivity contribution in [1.29, 1.82) is 0 Å². The molecule has 2 aromatic rings. The average molecular weight is 342 g/mol. The summed E-state index contributed by atoms with van der Waals surface area (Å²) in [6, 6.07) is 17.5. The van der Waals surface area contributed by atoms with Crippen molar-refractivity contribution < 1.29 is 9.59 Å². The van der Waals surface area contributed by atoms with Crippen molar-refractivity contribution in [2.45, 2.75) is 31.4 Å². The monoisotopic (exact) mass is 342 g/mol. The van der Waals surface area contributed by atoms with E-state index in [9.17, 15) is 9.59 Å². The van der Waals surface area contributed by atoms with Gasteiger partial charge >= 0.3 is 0 Å². The average Bonchev–Trinajstić information content (AvgIpc) is 2.58. The van der Waals surface area contributed by atoms with Crippen molar-refractivity contribution in [3.05, 3.63) is 65.7 Å². The number of nitrogens with one attached hydrogen (secondary N) is 2. The van der Waals surface area contributed by atoms with E-state index in [0.717, 1.165) is 10.6 Å². The summed E-state index contributed by atoms with van der Waals surface area (Å²) in [5.41, 5.74) is 6.15. The molecular formula is C19H22N2O2S. The van der Waals surface area contributed by atoms with Gasteiger partial charge in [0, 0.05) is 16.1 Å². The highest BCUT2D eigenvalue weighted by Crippen LogP contribution is 2.26. The molecule has 2 rings (SSSR count). The van der Waals surface area contributed by atoms with Crippen LogP contribution in [0.2, 0.25) is 0 Å². The summed E-state index contributed by atoms with van der Waals surface area (Å²) < 4.78 is 0. The maximum atomic E-state index is 12.4. The molecule has 126 valence electrons. The zero-order chi connectivity index (χ0) is 17.6. The first-order valence-electron chi connectivity index (χ1n) is 7.74. The Morgan fingerprint density at radius 3 is 2.21 bits per heavy atom. The van der Waals surface area contributed by atoms with Crippen molar-refractivity contribution in [1.82, 2.24) is 10.9 Å². The van der Waals surface area contributed by atoms with Gasteiger partial charge in [-0.05, 0) is 17.7 Å². The van der Waals surface area contributed by atoms with Crippen LogP contribution in [0, 0.1) is 5.41 Å². The second-order valence-electron chi connectivity index (χ2n) is 6.43. The van der Waals surface area contributed by atoms with E-state index in [1.165, 1.54) is 5.56 Å². The van der Waals surface area contributed by atoms with Crippen LogP contribution >= 0.6 is 11.8 Å². The minimum atomic E-state index is -0.561. The second kappa shape index (κ2) is 8.02. The SMILES string of the molecule is CC(C)(C)C(=O)NNC(=O)c1ccccc1SCc1ccccc1. The lowest BCUT2D eigenvalue weighted by Gasteiger charge is -2.18. The normalized spacial score (nSPS) is 11.0. The molecule has 0 fully saturated rings. The summed E-state index contributed by atoms with van der Waals surface area (Å²) in [4.78, 5) is 25.1. The van der Waals surface area contributed by atoms with Gasteiger partial charge in [0.25, 0.3) is 5.91 Å². The van der Waals surface area contributed by atoms with Crippen molar-refractivity contribution in [3.8, 4) is 0 Å². The van der Waals surface area contributed by atoms with Gasteiger partial charge in [0.15, 0.2) is 0 Å². The first kappa shape index (κ1) is 18.1.